The van der Waals surface area contributed by atoms with Gasteiger partial charge in [0.1, 0.15) is 0 Å². The Hall–Kier alpha value is -1.14. The Bertz CT molecular complexity index is 385. The van der Waals surface area contributed by atoms with Gasteiger partial charge in [0.2, 0.25) is 11.2 Å². The maximum Gasteiger partial charge on any atom is 0.322 e. The van der Waals surface area contributed by atoms with Gasteiger partial charge >= 0.3 is 6.01 Å². The molecule has 1 aromatic heterocycles. The van der Waals surface area contributed by atoms with Crippen LogP contribution in [-0.2, 0) is 0 Å². The fraction of sp³-hybridized carbons (Fsp3) is 0.700. The largest absolute Gasteiger partial charge is 0.467 e. The minimum absolute atomic E-state index is 0.134. The number of hydrogen-bond acceptors (Lipinski definition) is 6. The zero-order chi connectivity index (χ0) is 12.3. The van der Waals surface area contributed by atoms with E-state index in [0.29, 0.717) is 5.95 Å². The van der Waals surface area contributed by atoms with E-state index in [4.69, 9.17) is 16.3 Å². The van der Waals surface area contributed by atoms with Crippen molar-refractivity contribution in [3.63, 3.8) is 0 Å². The minimum Gasteiger partial charge on any atom is -0.467 e. The molecule has 0 aromatic carbocycles. The fourth-order valence-electron chi connectivity index (χ4n) is 1.54. The predicted molar refractivity (Wildman–Crippen MR) is 65.5 cm³/mol. The topological polar surface area (TPSA) is 63.2 Å². The zero-order valence-electron chi connectivity index (χ0n) is 9.98. The van der Waals surface area contributed by atoms with E-state index in [1.54, 1.807) is 0 Å². The molecule has 1 saturated carbocycles. The lowest BCUT2D eigenvalue weighted by molar-refractivity contribution is 0.336. The summed E-state index contributed by atoms with van der Waals surface area (Å²) in [7, 11) is 3.62. The highest BCUT2D eigenvalue weighted by atomic mass is 35.5. The van der Waals surface area contributed by atoms with Crippen molar-refractivity contribution in [3.05, 3.63) is 5.28 Å². The van der Waals surface area contributed by atoms with E-state index in [0.717, 1.165) is 19.1 Å². The number of likely N-dealkylation sites (N-methyl/N-ethyl adjacent to an activating group) is 1. The summed E-state index contributed by atoms with van der Waals surface area (Å²) in [6.07, 6.45) is 2.61. The highest BCUT2D eigenvalue weighted by Gasteiger charge is 2.25. The van der Waals surface area contributed by atoms with E-state index >= 15 is 0 Å². The van der Waals surface area contributed by atoms with Crippen LogP contribution in [0.15, 0.2) is 0 Å². The second-order valence-electron chi connectivity index (χ2n) is 4.05. The summed E-state index contributed by atoms with van der Waals surface area (Å²) in [6.45, 7) is 1.73. The normalized spacial score (nSPS) is 15.1. The van der Waals surface area contributed by atoms with Crippen LogP contribution in [0.2, 0.25) is 5.28 Å². The van der Waals surface area contributed by atoms with Crippen LogP contribution in [0.4, 0.5) is 5.95 Å². The van der Waals surface area contributed by atoms with Gasteiger partial charge in [-0.2, -0.15) is 15.0 Å². The van der Waals surface area contributed by atoms with Crippen molar-refractivity contribution in [2.45, 2.75) is 18.9 Å². The highest BCUT2D eigenvalue weighted by molar-refractivity contribution is 6.28. The van der Waals surface area contributed by atoms with E-state index < -0.39 is 0 Å². The van der Waals surface area contributed by atoms with Gasteiger partial charge in [0.15, 0.2) is 0 Å². The Morgan fingerprint density at radius 1 is 1.41 bits per heavy atom. The van der Waals surface area contributed by atoms with Gasteiger partial charge in [-0.1, -0.05) is 0 Å². The van der Waals surface area contributed by atoms with Crippen molar-refractivity contribution in [1.82, 2.24) is 19.9 Å². The molecule has 1 N–H and O–H groups in total. The summed E-state index contributed by atoms with van der Waals surface area (Å²) in [6, 6.07) is 0.983. The molecular formula is C10H16ClN5O. The van der Waals surface area contributed by atoms with Crippen molar-refractivity contribution in [2.24, 2.45) is 0 Å². The van der Waals surface area contributed by atoms with Gasteiger partial charge in [0.25, 0.3) is 0 Å². The number of rotatable bonds is 6. The van der Waals surface area contributed by atoms with Crippen molar-refractivity contribution in [2.75, 3.05) is 32.6 Å². The fourth-order valence-corrected chi connectivity index (χ4v) is 1.70. The summed E-state index contributed by atoms with van der Waals surface area (Å²) in [5.41, 5.74) is 0. The monoisotopic (exact) mass is 257 g/mol. The average Bonchev–Trinajstić information content (AvgIpc) is 3.12. The first-order valence-corrected chi connectivity index (χ1v) is 5.96. The molecule has 7 heteroatoms. The third-order valence-corrected chi connectivity index (χ3v) is 2.86. The molecule has 1 aliphatic rings. The van der Waals surface area contributed by atoms with E-state index in [1.165, 1.54) is 20.0 Å². The second-order valence-corrected chi connectivity index (χ2v) is 4.39. The van der Waals surface area contributed by atoms with Gasteiger partial charge < -0.3 is 15.0 Å². The van der Waals surface area contributed by atoms with Gasteiger partial charge in [0.05, 0.1) is 7.11 Å². The molecule has 0 bridgehead atoms. The number of aromatic nitrogens is 3. The smallest absolute Gasteiger partial charge is 0.322 e. The van der Waals surface area contributed by atoms with Crippen LogP contribution >= 0.6 is 11.6 Å². The van der Waals surface area contributed by atoms with Crippen LogP contribution in [0.1, 0.15) is 12.8 Å². The third-order valence-electron chi connectivity index (χ3n) is 2.69. The maximum atomic E-state index is 5.74. The molecule has 1 fully saturated rings. The molecular weight excluding hydrogens is 242 g/mol. The number of ether oxygens (including phenoxy) is 1. The number of anilines is 1. The number of hydrogen-bond donors (Lipinski definition) is 1. The Kier molecular flexibility index (Phi) is 3.96. The molecule has 2 rings (SSSR count). The van der Waals surface area contributed by atoms with Crippen LogP contribution in [0.5, 0.6) is 6.01 Å². The summed E-state index contributed by atoms with van der Waals surface area (Å²) in [5, 5.41) is 3.24. The molecule has 1 heterocycles. The lowest BCUT2D eigenvalue weighted by atomic mass is 10.5. The molecule has 1 aromatic rings. The van der Waals surface area contributed by atoms with Gasteiger partial charge in [-0.3, -0.25) is 0 Å². The zero-order valence-corrected chi connectivity index (χ0v) is 10.7. The van der Waals surface area contributed by atoms with E-state index in [-0.39, 0.29) is 11.3 Å². The van der Waals surface area contributed by atoms with Crippen LogP contribution in [0.25, 0.3) is 0 Å². The maximum absolute atomic E-state index is 5.74. The standard InChI is InChI=1S/C10H16ClN5O/c1-16(7-3-4-7)6-5-12-9-13-8(11)14-10(15-9)17-2/h7H,3-6H2,1-2H3,(H,12,13,14,15). The number of halogens is 1. The molecule has 0 atom stereocenters. The quantitative estimate of drug-likeness (QED) is 0.822. The molecule has 0 radical (unpaired) electrons. The SMILES string of the molecule is COc1nc(Cl)nc(NCCN(C)C2CC2)n1. The molecule has 94 valence electrons. The molecule has 1 aliphatic carbocycles. The average molecular weight is 258 g/mol. The van der Waals surface area contributed by atoms with E-state index in [1.807, 2.05) is 0 Å². The number of nitrogens with zero attached hydrogens (tertiary/aromatic N) is 4. The summed E-state index contributed by atoms with van der Waals surface area (Å²) in [5.74, 6) is 0.450. The molecule has 0 aliphatic heterocycles. The second kappa shape index (κ2) is 5.46. The van der Waals surface area contributed by atoms with E-state index in [9.17, 15) is 0 Å². The molecule has 0 unspecified atom stereocenters. The first-order chi connectivity index (χ1) is 8.19. The Morgan fingerprint density at radius 2 is 2.18 bits per heavy atom. The van der Waals surface area contributed by atoms with E-state index in [2.05, 4.69) is 32.2 Å². The van der Waals surface area contributed by atoms with Gasteiger partial charge in [0, 0.05) is 19.1 Å². The molecule has 17 heavy (non-hydrogen) atoms. The van der Waals surface area contributed by atoms with Crippen molar-refractivity contribution >= 4 is 17.5 Å². The van der Waals surface area contributed by atoms with Gasteiger partial charge in [-0.15, -0.1) is 0 Å². The molecule has 0 saturated heterocycles. The van der Waals surface area contributed by atoms with Crippen molar-refractivity contribution in [3.8, 4) is 6.01 Å². The van der Waals surface area contributed by atoms with Crippen LogP contribution < -0.4 is 10.1 Å². The number of nitrogens with one attached hydrogen (secondary N) is 1. The summed E-state index contributed by atoms with van der Waals surface area (Å²) < 4.78 is 4.91. The van der Waals surface area contributed by atoms with Crippen molar-refractivity contribution in [1.29, 1.82) is 0 Å². The molecule has 0 spiro atoms. The first kappa shape index (κ1) is 12.3. The Labute approximate surface area is 105 Å². The van der Waals surface area contributed by atoms with Crippen molar-refractivity contribution < 1.29 is 4.74 Å². The number of methoxy groups -OCH3 is 1. The summed E-state index contributed by atoms with van der Waals surface area (Å²) in [4.78, 5) is 14.2. The highest BCUT2D eigenvalue weighted by Crippen LogP contribution is 2.24. The summed E-state index contributed by atoms with van der Waals surface area (Å²) >= 11 is 5.74. The lowest BCUT2D eigenvalue weighted by Gasteiger charge is -2.15. The van der Waals surface area contributed by atoms with Crippen LogP contribution in [0, 0.1) is 0 Å². The molecule has 6 nitrogen and oxygen atoms in total. The predicted octanol–water partition coefficient (Wildman–Crippen LogP) is 1.04. The Balaban J connectivity index is 1.83. The Morgan fingerprint density at radius 3 is 2.82 bits per heavy atom. The third kappa shape index (κ3) is 3.67. The van der Waals surface area contributed by atoms with Crippen LogP contribution in [0.3, 0.4) is 0 Å². The van der Waals surface area contributed by atoms with Gasteiger partial charge in [-0.25, -0.2) is 0 Å². The van der Waals surface area contributed by atoms with Gasteiger partial charge in [-0.05, 0) is 31.5 Å². The lowest BCUT2D eigenvalue weighted by Crippen LogP contribution is -2.27. The minimum atomic E-state index is 0.134. The molecule has 0 amide bonds. The van der Waals surface area contributed by atoms with Crippen LogP contribution in [-0.4, -0.2) is 53.1 Å². The first-order valence-electron chi connectivity index (χ1n) is 5.58.